The Morgan fingerprint density at radius 3 is 1.67 bits per heavy atom. The lowest BCUT2D eigenvalue weighted by Crippen LogP contribution is -2.65. The van der Waals surface area contributed by atoms with Gasteiger partial charge in [-0.05, 0) is 59.7 Å². The van der Waals surface area contributed by atoms with E-state index in [0.29, 0.717) is 5.56 Å². The Kier molecular flexibility index (Phi) is 17.9. The number of aromatic hydroxyl groups is 6. The smallest absolute Gasteiger partial charge is 0.402 e. The lowest BCUT2D eigenvalue weighted by Gasteiger charge is -2.45. The van der Waals surface area contributed by atoms with Crippen molar-refractivity contribution in [3.63, 3.8) is 0 Å². The number of rotatable bonds is 17. The van der Waals surface area contributed by atoms with E-state index in [4.69, 9.17) is 47.0 Å². The zero-order valence-electron chi connectivity index (χ0n) is 41.1. The van der Waals surface area contributed by atoms with Gasteiger partial charge in [-0.1, -0.05) is 12.1 Å². The number of methoxy groups -OCH3 is 1. The summed E-state index contributed by atoms with van der Waals surface area (Å²) in [7, 11) is 1.32. The number of fused-ring (bicyclic) bond motifs is 1. The highest BCUT2D eigenvalue weighted by molar-refractivity contribution is 5.89. The number of hydrogen-bond acceptors (Lipinski definition) is 26. The van der Waals surface area contributed by atoms with Gasteiger partial charge in [0, 0.05) is 30.4 Å². The number of phenolic OH excluding ortho intramolecular Hbond substituents is 6. The van der Waals surface area contributed by atoms with E-state index in [-0.39, 0.29) is 45.1 Å². The SMILES string of the molecule is COc1cc(C=CC(=O)OC[C@H]2O[C@@H](Oc3cc4c(O[C@@H]5O[C@H](CO)[C@@H](O)[C@H](O)[C@H]5O)cc(O)cc4[o+]c3-c3ccc(O)c(O)c3)[C@H](O[C@@H]3O[C@H](COC(=O)C=Cc4ccc(O)c(O)c4)[C@@H](O)[C@H](O)[C@H]3O)[C@@H](O)[C@@H]2O)ccc1O. The van der Waals surface area contributed by atoms with Gasteiger partial charge in [0.05, 0.1) is 25.3 Å². The van der Waals surface area contributed by atoms with Gasteiger partial charge >= 0.3 is 23.3 Å². The second kappa shape index (κ2) is 24.6. The van der Waals surface area contributed by atoms with Gasteiger partial charge in [-0.3, -0.25) is 0 Å². The molecule has 5 aromatic rings. The van der Waals surface area contributed by atoms with Gasteiger partial charge in [0.15, 0.2) is 46.9 Å². The molecular formula is C52H55O27+. The van der Waals surface area contributed by atoms with Crippen LogP contribution >= 0.6 is 0 Å². The molecule has 3 aliphatic rings. The summed E-state index contributed by atoms with van der Waals surface area (Å²) in [4.78, 5) is 25.8. The van der Waals surface area contributed by atoms with E-state index in [2.05, 4.69) is 0 Å². The molecule has 0 bridgehead atoms. The predicted molar refractivity (Wildman–Crippen MR) is 263 cm³/mol. The molecule has 8 rings (SSSR count). The normalized spacial score (nSPS) is 29.1. The standard InChI is InChI=1S/C52H54O27/c1-70-33-13-22(3-8-28(33)57)5-11-39(61)72-20-37-42(64)45(67)49(79-51-47(69)44(66)41(63)36(77-51)19-71-38(60)10-4-21-2-7-26(55)29(58)12-21)52(78-37)75-34-17-25-31(73-48(34)23-6-9-27(56)30(59)14-23)15-24(54)16-32(25)74-50-46(68)43(65)40(62)35(18-53)76-50/h2-17,35-37,40-47,49-53,62-69H,18-20H2,1H3,(H5-,54,55,56,57,58,59,60,61)/p+1/t35-,36-,37-,40-,41-,42-,43+,44+,45+,46-,47-,49-,50-,51+,52-/m1/s1. The van der Waals surface area contributed by atoms with Gasteiger partial charge in [-0.2, -0.15) is 0 Å². The maximum Gasteiger partial charge on any atom is 0.402 e. The first-order valence-electron chi connectivity index (χ1n) is 23.9. The van der Waals surface area contributed by atoms with E-state index in [1.54, 1.807) is 0 Å². The number of phenols is 6. The lowest BCUT2D eigenvalue weighted by atomic mass is 9.97. The fraction of sp³-hybridized carbons (Fsp3) is 0.365. The van der Waals surface area contributed by atoms with E-state index in [0.717, 1.165) is 42.5 Å². The van der Waals surface area contributed by atoms with Gasteiger partial charge in [0.1, 0.15) is 97.2 Å². The molecule has 4 heterocycles. The Balaban J connectivity index is 1.13. The Morgan fingerprint density at radius 2 is 1.06 bits per heavy atom. The minimum atomic E-state index is -2.18. The van der Waals surface area contributed by atoms with Gasteiger partial charge in [0.2, 0.25) is 18.3 Å². The van der Waals surface area contributed by atoms with Crippen LogP contribution in [-0.2, 0) is 38.0 Å². The van der Waals surface area contributed by atoms with Crippen molar-refractivity contribution >= 4 is 35.1 Å². The zero-order chi connectivity index (χ0) is 57.0. The largest absolute Gasteiger partial charge is 0.507 e. The molecule has 3 saturated heterocycles. The van der Waals surface area contributed by atoms with E-state index < -0.39 is 158 Å². The van der Waals surface area contributed by atoms with Crippen molar-refractivity contribution in [3.05, 3.63) is 96.1 Å². The van der Waals surface area contributed by atoms with Crippen molar-refractivity contribution < 1.29 is 133 Å². The van der Waals surface area contributed by atoms with Crippen molar-refractivity contribution in [1.29, 1.82) is 0 Å². The molecule has 3 aliphatic heterocycles. The number of aliphatic hydroxyl groups is 9. The molecule has 3 fully saturated rings. The van der Waals surface area contributed by atoms with E-state index in [1.165, 1.54) is 61.7 Å². The van der Waals surface area contributed by atoms with Crippen molar-refractivity contribution in [2.45, 2.75) is 92.1 Å². The maximum absolute atomic E-state index is 13.0. The first kappa shape index (κ1) is 57.6. The van der Waals surface area contributed by atoms with Crippen LogP contribution in [0.15, 0.2) is 89.4 Å². The van der Waals surface area contributed by atoms with E-state index >= 15 is 0 Å². The fourth-order valence-corrected chi connectivity index (χ4v) is 8.44. The van der Waals surface area contributed by atoms with Gasteiger partial charge < -0.3 is 119 Å². The van der Waals surface area contributed by atoms with Crippen LogP contribution in [0.2, 0.25) is 0 Å². The molecule has 424 valence electrons. The van der Waals surface area contributed by atoms with Gasteiger partial charge in [0.25, 0.3) is 0 Å². The number of carbonyl (C=O) groups is 2. The molecule has 0 unspecified atom stereocenters. The highest BCUT2D eigenvalue weighted by Crippen LogP contribution is 2.44. The molecule has 0 aliphatic carbocycles. The van der Waals surface area contributed by atoms with Crippen molar-refractivity contribution in [2.75, 3.05) is 26.9 Å². The summed E-state index contributed by atoms with van der Waals surface area (Å²) in [5, 5.41) is 159. The summed E-state index contributed by atoms with van der Waals surface area (Å²) in [6.07, 6.45) is -24.5. The van der Waals surface area contributed by atoms with Crippen LogP contribution in [0, 0.1) is 0 Å². The molecule has 0 amide bonds. The average Bonchev–Trinajstić information content (AvgIpc) is 3.45. The third-order valence-corrected chi connectivity index (χ3v) is 12.8. The number of esters is 2. The summed E-state index contributed by atoms with van der Waals surface area (Å²) in [5.41, 5.74) is 0.394. The van der Waals surface area contributed by atoms with Crippen LogP contribution in [0.25, 0.3) is 34.4 Å². The molecule has 27 nitrogen and oxygen atoms in total. The van der Waals surface area contributed by atoms with Crippen LogP contribution in [0.1, 0.15) is 11.1 Å². The van der Waals surface area contributed by atoms with E-state index in [9.17, 15) is 86.2 Å². The summed E-state index contributed by atoms with van der Waals surface area (Å²) >= 11 is 0. The van der Waals surface area contributed by atoms with Crippen molar-refractivity contribution in [2.24, 2.45) is 0 Å². The fourth-order valence-electron chi connectivity index (χ4n) is 8.44. The number of ether oxygens (including phenoxy) is 9. The molecule has 27 heteroatoms. The Hall–Kier alpha value is -7.61. The number of aliphatic hydroxyl groups excluding tert-OH is 9. The number of hydrogen-bond donors (Lipinski definition) is 15. The van der Waals surface area contributed by atoms with Crippen molar-refractivity contribution in [3.8, 4) is 63.1 Å². The molecule has 0 saturated carbocycles. The first-order valence-corrected chi connectivity index (χ1v) is 23.9. The quantitative estimate of drug-likeness (QED) is 0.0238. The molecule has 0 spiro atoms. The third-order valence-electron chi connectivity index (χ3n) is 12.8. The maximum atomic E-state index is 13.0. The molecule has 15 atom stereocenters. The molecule has 79 heavy (non-hydrogen) atoms. The molecule has 15 N–H and O–H groups in total. The summed E-state index contributed by atoms with van der Waals surface area (Å²) in [6.45, 7) is -2.44. The second-order valence-corrected chi connectivity index (χ2v) is 18.2. The average molecular weight is 1110 g/mol. The molecular weight excluding hydrogens is 1060 g/mol. The van der Waals surface area contributed by atoms with Crippen LogP contribution < -0.4 is 14.2 Å². The monoisotopic (exact) mass is 1110 g/mol. The Labute approximate surface area is 445 Å². The topological polar surface area (TPSA) is 432 Å². The van der Waals surface area contributed by atoms with Crippen LogP contribution in [0.4, 0.5) is 0 Å². The summed E-state index contributed by atoms with van der Waals surface area (Å²) in [5.74, 6) is -5.91. The second-order valence-electron chi connectivity index (χ2n) is 18.2. The first-order chi connectivity index (χ1) is 37.6. The Morgan fingerprint density at radius 1 is 0.532 bits per heavy atom. The minimum absolute atomic E-state index is 0.0547. The lowest BCUT2D eigenvalue weighted by molar-refractivity contribution is -0.358. The third kappa shape index (κ3) is 13.0. The van der Waals surface area contributed by atoms with Crippen molar-refractivity contribution in [1.82, 2.24) is 0 Å². The number of carbonyl (C=O) groups excluding carboxylic acids is 2. The Bertz CT molecular complexity index is 3040. The number of benzene rings is 4. The zero-order valence-corrected chi connectivity index (χ0v) is 41.1. The summed E-state index contributed by atoms with van der Waals surface area (Å²) < 4.78 is 57.6. The van der Waals surface area contributed by atoms with E-state index in [1.807, 2.05) is 0 Å². The predicted octanol–water partition coefficient (Wildman–Crippen LogP) is -0.667. The molecule has 4 aromatic carbocycles. The summed E-state index contributed by atoms with van der Waals surface area (Å²) in [6, 6.07) is 14.5. The molecule has 0 radical (unpaired) electrons. The highest BCUT2D eigenvalue weighted by Gasteiger charge is 2.53. The van der Waals surface area contributed by atoms with Gasteiger partial charge in [-0.25, -0.2) is 14.0 Å². The van der Waals surface area contributed by atoms with Crippen LogP contribution in [-0.4, -0.2) is 208 Å². The van der Waals surface area contributed by atoms with Gasteiger partial charge in [-0.15, -0.1) is 0 Å². The highest BCUT2D eigenvalue weighted by atomic mass is 16.8. The van der Waals surface area contributed by atoms with Crippen LogP contribution in [0.5, 0.6) is 51.7 Å². The molecule has 1 aromatic heterocycles. The van der Waals surface area contributed by atoms with Crippen LogP contribution in [0.3, 0.4) is 0 Å². The minimum Gasteiger partial charge on any atom is -0.507 e.